The van der Waals surface area contributed by atoms with E-state index in [1.165, 1.54) is 0 Å². The molecule has 0 saturated carbocycles. The lowest BCUT2D eigenvalue weighted by atomic mass is 9.79. The molecule has 6 nitrogen and oxygen atoms in total. The van der Waals surface area contributed by atoms with Gasteiger partial charge in [-0.2, -0.15) is 0 Å². The molecule has 3 heterocycles. The van der Waals surface area contributed by atoms with Gasteiger partial charge in [0.2, 0.25) is 0 Å². The van der Waals surface area contributed by atoms with E-state index < -0.39 is 0 Å². The van der Waals surface area contributed by atoms with E-state index in [0.29, 0.717) is 23.9 Å². The van der Waals surface area contributed by atoms with Crippen molar-refractivity contribution in [3.05, 3.63) is 64.1 Å². The van der Waals surface area contributed by atoms with Crippen molar-refractivity contribution in [1.29, 1.82) is 0 Å². The van der Waals surface area contributed by atoms with E-state index in [0.717, 1.165) is 30.9 Å². The van der Waals surface area contributed by atoms with Gasteiger partial charge in [0, 0.05) is 62.7 Å². The molecule has 2 aliphatic heterocycles. The lowest BCUT2D eigenvalue weighted by Gasteiger charge is -2.43. The van der Waals surface area contributed by atoms with Gasteiger partial charge >= 0.3 is 0 Å². The normalized spacial score (nSPS) is 23.4. The molecule has 4 rings (SSSR count). The van der Waals surface area contributed by atoms with Crippen LogP contribution in [0.2, 0.25) is 0 Å². The Morgan fingerprint density at radius 1 is 1.22 bits per heavy atom. The average Bonchev–Trinajstić information content (AvgIpc) is 2.68. The fourth-order valence-corrected chi connectivity index (χ4v) is 4.39. The molecule has 0 unspecified atom stereocenters. The van der Waals surface area contributed by atoms with Gasteiger partial charge in [0.05, 0.1) is 6.04 Å². The van der Waals surface area contributed by atoms with Gasteiger partial charge in [-0.15, -0.1) is 0 Å². The molecule has 0 radical (unpaired) electrons. The van der Waals surface area contributed by atoms with Crippen LogP contribution >= 0.6 is 0 Å². The van der Waals surface area contributed by atoms with Crippen molar-refractivity contribution in [3.8, 4) is 0 Å². The summed E-state index contributed by atoms with van der Waals surface area (Å²) in [6.07, 6.45) is 1.06. The Morgan fingerprint density at radius 3 is 2.85 bits per heavy atom. The number of amides is 1. The van der Waals surface area contributed by atoms with Gasteiger partial charge in [-0.3, -0.25) is 9.59 Å². The summed E-state index contributed by atoms with van der Waals surface area (Å²) < 4.78 is 1.91. The molecule has 0 spiro atoms. The van der Waals surface area contributed by atoms with Crippen molar-refractivity contribution < 1.29 is 4.79 Å². The van der Waals surface area contributed by atoms with Crippen LogP contribution in [0, 0.1) is 5.92 Å². The highest BCUT2D eigenvalue weighted by atomic mass is 16.1. The lowest BCUT2D eigenvalue weighted by Crippen LogP contribution is -2.50. The summed E-state index contributed by atoms with van der Waals surface area (Å²) in [6.45, 7) is 2.26. The first kappa shape index (κ1) is 17.8. The topological polar surface area (TPSA) is 66.4 Å². The molecule has 1 amide bonds. The molecular weight excluding hydrogens is 340 g/mol. The monoisotopic (exact) mass is 366 g/mol. The minimum absolute atomic E-state index is 0.0151. The van der Waals surface area contributed by atoms with Crippen molar-refractivity contribution in [2.45, 2.75) is 18.4 Å². The van der Waals surface area contributed by atoms with Crippen LogP contribution in [0.1, 0.15) is 34.4 Å². The van der Waals surface area contributed by atoms with Gasteiger partial charge in [0.15, 0.2) is 0 Å². The highest BCUT2D eigenvalue weighted by molar-refractivity contribution is 5.95. The molecule has 0 aliphatic carbocycles. The number of benzene rings is 1. The molecule has 2 aliphatic rings. The second-order valence-corrected chi connectivity index (χ2v) is 7.73. The van der Waals surface area contributed by atoms with Crippen LogP contribution in [-0.2, 0) is 0 Å². The molecule has 1 aromatic carbocycles. The summed E-state index contributed by atoms with van der Waals surface area (Å²) in [6, 6.07) is 13.1. The smallest absolute Gasteiger partial charge is 0.251 e. The SMILES string of the molecule is CN(C)c1cccc(C(=O)NC[C@H]2[C@@H]3CNC[C@@H](C3)c3cccc(=O)n32)c1. The van der Waals surface area contributed by atoms with Crippen LogP contribution in [0.15, 0.2) is 47.3 Å². The number of rotatable bonds is 4. The Hall–Kier alpha value is -2.60. The van der Waals surface area contributed by atoms with E-state index in [-0.39, 0.29) is 17.5 Å². The molecule has 1 saturated heterocycles. The first-order valence-corrected chi connectivity index (χ1v) is 9.52. The first-order valence-electron chi connectivity index (χ1n) is 9.52. The summed E-state index contributed by atoms with van der Waals surface area (Å²) in [5, 5.41) is 6.54. The number of carbonyl (C=O) groups excluding carboxylic acids is 1. The summed E-state index contributed by atoms with van der Waals surface area (Å²) >= 11 is 0. The Labute approximate surface area is 159 Å². The number of hydrogen-bond donors (Lipinski definition) is 2. The van der Waals surface area contributed by atoms with E-state index in [2.05, 4.69) is 10.6 Å². The number of carbonyl (C=O) groups is 1. The minimum atomic E-state index is -0.102. The zero-order valence-electron chi connectivity index (χ0n) is 15.8. The Morgan fingerprint density at radius 2 is 2.04 bits per heavy atom. The van der Waals surface area contributed by atoms with Crippen LogP contribution in [-0.4, -0.2) is 44.2 Å². The maximum atomic E-state index is 12.7. The predicted molar refractivity (Wildman–Crippen MR) is 107 cm³/mol. The minimum Gasteiger partial charge on any atom is -0.378 e. The Kier molecular flexibility index (Phi) is 4.74. The zero-order chi connectivity index (χ0) is 19.0. The summed E-state index contributed by atoms with van der Waals surface area (Å²) in [5.41, 5.74) is 2.73. The van der Waals surface area contributed by atoms with E-state index in [9.17, 15) is 9.59 Å². The van der Waals surface area contributed by atoms with E-state index in [1.54, 1.807) is 6.07 Å². The largest absolute Gasteiger partial charge is 0.378 e. The molecule has 27 heavy (non-hydrogen) atoms. The van der Waals surface area contributed by atoms with E-state index in [4.69, 9.17) is 0 Å². The summed E-state index contributed by atoms with van der Waals surface area (Å²) in [7, 11) is 3.91. The summed E-state index contributed by atoms with van der Waals surface area (Å²) in [5.74, 6) is 0.626. The highest BCUT2D eigenvalue weighted by Crippen LogP contribution is 2.38. The molecule has 6 heteroatoms. The maximum absolute atomic E-state index is 12.7. The van der Waals surface area contributed by atoms with Gasteiger partial charge in [0.1, 0.15) is 0 Å². The van der Waals surface area contributed by atoms with Crippen molar-refractivity contribution >= 4 is 11.6 Å². The number of aromatic nitrogens is 1. The second-order valence-electron chi connectivity index (χ2n) is 7.73. The standard InChI is InChI=1S/C21H26N4O2/c1-24(2)17-6-3-5-14(10-17)21(27)23-13-19-16-9-15(11-22-12-16)18-7-4-8-20(26)25(18)19/h3-8,10,15-16,19,22H,9,11-13H2,1-2H3,(H,23,27)/t15-,16+,19+/m1/s1. The van der Waals surface area contributed by atoms with Crippen LogP contribution in [0.4, 0.5) is 5.69 Å². The molecule has 2 N–H and O–H groups in total. The second kappa shape index (κ2) is 7.19. The number of hydrogen-bond acceptors (Lipinski definition) is 4. The maximum Gasteiger partial charge on any atom is 0.251 e. The van der Waals surface area contributed by atoms with Gasteiger partial charge in [0.25, 0.3) is 11.5 Å². The number of nitrogens with zero attached hydrogens (tertiary/aromatic N) is 2. The summed E-state index contributed by atoms with van der Waals surface area (Å²) in [4.78, 5) is 27.2. The van der Waals surface area contributed by atoms with Crippen molar-refractivity contribution in [2.75, 3.05) is 38.6 Å². The van der Waals surface area contributed by atoms with Gasteiger partial charge in [-0.1, -0.05) is 12.1 Å². The fraction of sp³-hybridized carbons (Fsp3) is 0.429. The Balaban J connectivity index is 1.56. The molecular formula is C21H26N4O2. The van der Waals surface area contributed by atoms with Gasteiger partial charge in [-0.25, -0.2) is 0 Å². The molecule has 142 valence electrons. The van der Waals surface area contributed by atoms with Gasteiger partial charge in [-0.05, 0) is 36.6 Å². The van der Waals surface area contributed by atoms with Crippen LogP contribution in [0.25, 0.3) is 0 Å². The molecule has 2 aromatic rings. The predicted octanol–water partition coefficient (Wildman–Crippen LogP) is 1.59. The fourth-order valence-electron chi connectivity index (χ4n) is 4.39. The number of anilines is 1. The number of piperidine rings is 1. The van der Waals surface area contributed by atoms with Crippen LogP contribution in [0.3, 0.4) is 0 Å². The van der Waals surface area contributed by atoms with Gasteiger partial charge < -0.3 is 20.1 Å². The molecule has 1 fully saturated rings. The quantitative estimate of drug-likeness (QED) is 0.863. The van der Waals surface area contributed by atoms with Crippen molar-refractivity contribution in [2.24, 2.45) is 5.92 Å². The Bertz CT molecular complexity index is 905. The lowest BCUT2D eigenvalue weighted by molar-refractivity contribution is 0.0932. The average molecular weight is 366 g/mol. The third-order valence-corrected chi connectivity index (χ3v) is 5.80. The molecule has 2 bridgehead atoms. The van der Waals surface area contributed by atoms with Crippen molar-refractivity contribution in [1.82, 2.24) is 15.2 Å². The number of pyridine rings is 1. The third kappa shape index (κ3) is 3.37. The molecule has 3 atom stereocenters. The number of fused-ring (bicyclic) bond motifs is 4. The third-order valence-electron chi connectivity index (χ3n) is 5.80. The zero-order valence-corrected chi connectivity index (χ0v) is 15.8. The number of nitrogens with one attached hydrogen (secondary N) is 2. The van der Waals surface area contributed by atoms with Crippen molar-refractivity contribution in [3.63, 3.8) is 0 Å². The van der Waals surface area contributed by atoms with E-state index in [1.807, 2.05) is 60.0 Å². The first-order chi connectivity index (χ1) is 13.0. The van der Waals surface area contributed by atoms with E-state index >= 15 is 0 Å². The van der Waals surface area contributed by atoms with Crippen LogP contribution < -0.4 is 21.1 Å². The molecule has 1 aromatic heterocycles. The van der Waals surface area contributed by atoms with Crippen LogP contribution in [0.5, 0.6) is 0 Å². The highest BCUT2D eigenvalue weighted by Gasteiger charge is 2.37.